The molecular formula is C24H16N6O11S. The number of methoxy groups -OCH3 is 1. The van der Waals surface area contributed by atoms with E-state index in [9.17, 15) is 42.9 Å². The Kier molecular flexibility index (Phi) is 7.56. The topological polar surface area (TPSA) is 279 Å². The van der Waals surface area contributed by atoms with Crippen molar-refractivity contribution < 1.29 is 51.8 Å². The highest BCUT2D eigenvalue weighted by atomic mass is 32.2. The zero-order chi connectivity index (χ0) is 31.0. The number of nitrogens with zero attached hydrogens (tertiary/aromatic N) is 6. The molecule has 2 aromatic rings. The highest BCUT2D eigenvalue weighted by Gasteiger charge is 2.65. The fourth-order valence-corrected chi connectivity index (χ4v) is 5.61. The molecule has 18 heteroatoms. The van der Waals surface area contributed by atoms with Crippen molar-refractivity contribution in [1.82, 2.24) is 0 Å². The Morgan fingerprint density at radius 3 is 2.19 bits per heavy atom. The molecule has 42 heavy (non-hydrogen) atoms. The molecule has 2 unspecified atom stereocenters. The van der Waals surface area contributed by atoms with Gasteiger partial charge >= 0.3 is 10.1 Å². The standard InChI is InChI=1S/C24H16N6O11S/c1-40-24(37)15(10-13(22(34)23(24,35)36)18(31)11-6-3-2-4-7-11)41-42(38,39)21-16-12(8-5-9-14(16)27-29-25)19(32)20(33)17(21)28-30-26/h2-10,13,35-37H,1H3. The molecule has 0 spiro atoms. The number of azide groups is 2. The molecule has 0 bridgehead atoms. The van der Waals surface area contributed by atoms with Crippen LogP contribution in [0.5, 0.6) is 0 Å². The lowest BCUT2D eigenvalue weighted by atomic mass is 9.80. The quantitative estimate of drug-likeness (QED) is 0.0576. The largest absolute Gasteiger partial charge is 0.378 e. The van der Waals surface area contributed by atoms with Crippen LogP contribution in [0.3, 0.4) is 0 Å². The van der Waals surface area contributed by atoms with Crippen molar-refractivity contribution in [3.8, 4) is 0 Å². The summed E-state index contributed by atoms with van der Waals surface area (Å²) < 4.78 is 37.1. The number of aliphatic hydroxyl groups is 3. The van der Waals surface area contributed by atoms with Crippen LogP contribution in [-0.4, -0.2) is 65.6 Å². The third-order valence-corrected chi connectivity index (χ3v) is 7.58. The van der Waals surface area contributed by atoms with Crippen LogP contribution in [0.15, 0.2) is 76.3 Å². The smallest absolute Gasteiger partial charge is 0.340 e. The van der Waals surface area contributed by atoms with Crippen LogP contribution >= 0.6 is 0 Å². The first kappa shape index (κ1) is 29.8. The monoisotopic (exact) mass is 596 g/mol. The lowest BCUT2D eigenvalue weighted by Gasteiger charge is -2.41. The minimum atomic E-state index is -5.62. The number of rotatable bonds is 8. The van der Waals surface area contributed by atoms with Crippen LogP contribution < -0.4 is 0 Å². The molecule has 0 heterocycles. The highest BCUT2D eigenvalue weighted by Crippen LogP contribution is 2.45. The minimum Gasteiger partial charge on any atom is -0.378 e. The van der Waals surface area contributed by atoms with Gasteiger partial charge in [-0.2, -0.15) is 8.42 Å². The molecular weight excluding hydrogens is 580 g/mol. The summed E-state index contributed by atoms with van der Waals surface area (Å²) in [5, 5.41) is 38.5. The van der Waals surface area contributed by atoms with Gasteiger partial charge in [0.15, 0.2) is 11.5 Å². The summed E-state index contributed by atoms with van der Waals surface area (Å²) in [6.07, 6.45) is 0.452. The van der Waals surface area contributed by atoms with Crippen molar-refractivity contribution >= 4 is 43.8 Å². The zero-order valence-corrected chi connectivity index (χ0v) is 21.8. The van der Waals surface area contributed by atoms with Crippen LogP contribution in [0.1, 0.15) is 26.3 Å². The molecule has 0 aliphatic heterocycles. The van der Waals surface area contributed by atoms with Gasteiger partial charge in [0.1, 0.15) is 16.5 Å². The number of Topliss-reactive ketones (excluding diaryl/α,β-unsaturated/α-hetero) is 4. The molecule has 214 valence electrons. The van der Waals surface area contributed by atoms with E-state index in [1.54, 1.807) is 0 Å². The Labute approximate surface area is 234 Å². The second-order valence-electron chi connectivity index (χ2n) is 8.58. The van der Waals surface area contributed by atoms with Gasteiger partial charge in [-0.3, -0.25) is 19.2 Å². The number of carbonyl (C=O) groups is 4. The Balaban J connectivity index is 1.99. The van der Waals surface area contributed by atoms with Gasteiger partial charge in [0.05, 0.1) is 0 Å². The van der Waals surface area contributed by atoms with E-state index in [4.69, 9.17) is 15.2 Å². The van der Waals surface area contributed by atoms with Gasteiger partial charge in [-0.05, 0) is 17.1 Å². The molecule has 2 aliphatic carbocycles. The van der Waals surface area contributed by atoms with Gasteiger partial charge < -0.3 is 24.2 Å². The van der Waals surface area contributed by atoms with Crippen LogP contribution in [0, 0.1) is 5.92 Å². The Hall–Kier alpha value is -5.19. The molecule has 2 aliphatic rings. The van der Waals surface area contributed by atoms with Gasteiger partial charge in [0.25, 0.3) is 11.6 Å². The normalized spacial score (nSPS) is 21.5. The van der Waals surface area contributed by atoms with E-state index in [-0.39, 0.29) is 5.56 Å². The van der Waals surface area contributed by atoms with Crippen molar-refractivity contribution in [2.75, 3.05) is 7.11 Å². The molecule has 0 saturated carbocycles. The number of hydrogen-bond donors (Lipinski definition) is 3. The lowest BCUT2D eigenvalue weighted by molar-refractivity contribution is -0.338. The predicted molar refractivity (Wildman–Crippen MR) is 137 cm³/mol. The van der Waals surface area contributed by atoms with E-state index in [1.807, 2.05) is 0 Å². The molecule has 3 N–H and O–H groups in total. The van der Waals surface area contributed by atoms with Crippen molar-refractivity contribution in [3.63, 3.8) is 0 Å². The molecule has 0 radical (unpaired) electrons. The third-order valence-electron chi connectivity index (χ3n) is 6.28. The fraction of sp³-hybridized carbons (Fsp3) is 0.167. The van der Waals surface area contributed by atoms with Crippen LogP contribution in [0.4, 0.5) is 5.69 Å². The Morgan fingerprint density at radius 1 is 0.952 bits per heavy atom. The minimum absolute atomic E-state index is 0.120. The van der Waals surface area contributed by atoms with Crippen molar-refractivity contribution in [1.29, 1.82) is 0 Å². The highest BCUT2D eigenvalue weighted by molar-refractivity contribution is 7.96. The molecule has 0 amide bonds. The lowest BCUT2D eigenvalue weighted by Crippen LogP contribution is -2.66. The number of hydrogen-bond acceptors (Lipinski definition) is 13. The van der Waals surface area contributed by atoms with Gasteiger partial charge in [-0.25, -0.2) is 0 Å². The van der Waals surface area contributed by atoms with E-state index in [0.29, 0.717) is 13.2 Å². The number of allylic oxidation sites excluding steroid dienone is 2. The van der Waals surface area contributed by atoms with Crippen molar-refractivity contribution in [3.05, 3.63) is 104 Å². The molecule has 2 atom stereocenters. The summed E-state index contributed by atoms with van der Waals surface area (Å²) in [5.41, 5.74) is 14.7. The summed E-state index contributed by atoms with van der Waals surface area (Å²) in [5.74, 6) is -16.9. The van der Waals surface area contributed by atoms with Crippen molar-refractivity contribution in [2.45, 2.75) is 11.6 Å². The maximum Gasteiger partial charge on any atom is 0.340 e. The van der Waals surface area contributed by atoms with E-state index < -0.39 is 83.9 Å². The average Bonchev–Trinajstić information content (AvgIpc) is 2.96. The second kappa shape index (κ2) is 10.7. The first-order valence-corrected chi connectivity index (χ1v) is 12.8. The molecule has 0 fully saturated rings. The van der Waals surface area contributed by atoms with E-state index in [2.05, 4.69) is 24.8 Å². The Bertz CT molecular complexity index is 1840. The predicted octanol–water partition coefficient (Wildman–Crippen LogP) is 1.70. The number of benzene rings is 2. The van der Waals surface area contributed by atoms with E-state index >= 15 is 0 Å². The van der Waals surface area contributed by atoms with Gasteiger partial charge in [-0.1, -0.05) is 58.8 Å². The second-order valence-corrected chi connectivity index (χ2v) is 10.1. The number of fused-ring (bicyclic) bond motifs is 1. The zero-order valence-electron chi connectivity index (χ0n) is 21.0. The van der Waals surface area contributed by atoms with Gasteiger partial charge in [0.2, 0.25) is 17.3 Å². The molecule has 0 saturated heterocycles. The molecule has 0 aromatic heterocycles. The summed E-state index contributed by atoms with van der Waals surface area (Å²) in [6.45, 7) is 0. The third kappa shape index (κ3) is 4.52. The van der Waals surface area contributed by atoms with Gasteiger partial charge in [0, 0.05) is 39.3 Å². The van der Waals surface area contributed by atoms with Crippen molar-refractivity contribution in [2.24, 2.45) is 16.1 Å². The van der Waals surface area contributed by atoms with E-state index in [1.165, 1.54) is 30.3 Å². The maximum atomic E-state index is 13.8. The van der Waals surface area contributed by atoms with E-state index in [0.717, 1.165) is 18.2 Å². The number of carbonyl (C=O) groups excluding carboxylic acids is 4. The summed E-state index contributed by atoms with van der Waals surface area (Å²) in [6, 6.07) is 10.1. The first-order valence-electron chi connectivity index (χ1n) is 11.4. The first-order chi connectivity index (χ1) is 19.8. The maximum absolute atomic E-state index is 13.8. The summed E-state index contributed by atoms with van der Waals surface area (Å²) in [4.78, 5) is 55.1. The molecule has 2 aromatic carbocycles. The summed E-state index contributed by atoms with van der Waals surface area (Å²) in [7, 11) is -4.98. The number of ketones is 4. The summed E-state index contributed by atoms with van der Waals surface area (Å²) >= 11 is 0. The molecule has 4 rings (SSSR count). The van der Waals surface area contributed by atoms with Crippen LogP contribution in [-0.2, 0) is 28.6 Å². The van der Waals surface area contributed by atoms with Gasteiger partial charge in [-0.15, -0.1) is 0 Å². The fourth-order valence-electron chi connectivity index (χ4n) is 4.29. The Morgan fingerprint density at radius 2 is 1.60 bits per heavy atom. The molecule has 17 nitrogen and oxygen atoms in total. The van der Waals surface area contributed by atoms with Crippen LogP contribution in [0.2, 0.25) is 0 Å². The average molecular weight is 596 g/mol. The SMILES string of the molecule is COC1(O)C(OS(=O)(=O)C2=C(N=[N+]=[N-])C(=O)C(=O)c3cccc(N=[N+]=[N-])c32)=CC(C(=O)c2ccccc2)C(=O)C1(O)O. The number of ether oxygens (including phenoxy) is 1. The van der Waals surface area contributed by atoms with Crippen LogP contribution in [0.25, 0.3) is 25.8 Å².